The zero-order valence-corrected chi connectivity index (χ0v) is 12.1. The van der Waals surface area contributed by atoms with Crippen LogP contribution in [0.1, 0.15) is 41.4 Å². The van der Waals surface area contributed by atoms with E-state index >= 15 is 0 Å². The van der Waals surface area contributed by atoms with Crippen molar-refractivity contribution in [3.63, 3.8) is 0 Å². The molecule has 1 aliphatic rings. The maximum Gasteiger partial charge on any atom is 0.220 e. The van der Waals surface area contributed by atoms with Crippen LogP contribution in [0, 0.1) is 19.8 Å². The highest BCUT2D eigenvalue weighted by Crippen LogP contribution is 2.24. The molecule has 18 heavy (non-hydrogen) atoms. The zero-order chi connectivity index (χ0) is 13.1. The molecule has 0 aliphatic carbocycles. The van der Waals surface area contributed by atoms with Gasteiger partial charge in [0.05, 0.1) is 16.7 Å². The molecule has 0 aromatic carbocycles. The lowest BCUT2D eigenvalue weighted by molar-refractivity contribution is -0.122. The topological polar surface area (TPSA) is 54.0 Å². The van der Waals surface area contributed by atoms with E-state index < -0.39 is 0 Å². The van der Waals surface area contributed by atoms with Gasteiger partial charge in [-0.2, -0.15) is 0 Å². The van der Waals surface area contributed by atoms with Crippen molar-refractivity contribution in [2.75, 3.05) is 13.1 Å². The average molecular weight is 267 g/mol. The van der Waals surface area contributed by atoms with Gasteiger partial charge in [0.25, 0.3) is 0 Å². The number of hydrogen-bond acceptors (Lipinski definition) is 4. The van der Waals surface area contributed by atoms with Crippen LogP contribution in [0.25, 0.3) is 0 Å². The van der Waals surface area contributed by atoms with E-state index in [-0.39, 0.29) is 11.9 Å². The standard InChI is InChI=1S/C13H21N3OS/c1-8-13(18-10(3)15-8)9(2)16-12(17)6-11-4-5-14-7-11/h9,11,14H,4-7H2,1-3H3,(H,16,17). The van der Waals surface area contributed by atoms with Crippen LogP contribution < -0.4 is 10.6 Å². The Morgan fingerprint density at radius 3 is 2.94 bits per heavy atom. The van der Waals surface area contributed by atoms with Crippen molar-refractivity contribution >= 4 is 17.2 Å². The van der Waals surface area contributed by atoms with E-state index in [9.17, 15) is 4.79 Å². The summed E-state index contributed by atoms with van der Waals surface area (Å²) in [5, 5.41) is 7.43. The Kier molecular flexibility index (Phi) is 4.35. The van der Waals surface area contributed by atoms with Gasteiger partial charge >= 0.3 is 0 Å². The lowest BCUT2D eigenvalue weighted by Crippen LogP contribution is -2.28. The molecule has 0 bridgehead atoms. The predicted octanol–water partition coefficient (Wildman–Crippen LogP) is 1.94. The van der Waals surface area contributed by atoms with Crippen molar-refractivity contribution in [1.82, 2.24) is 15.6 Å². The van der Waals surface area contributed by atoms with Crippen molar-refractivity contribution in [3.8, 4) is 0 Å². The summed E-state index contributed by atoms with van der Waals surface area (Å²) in [7, 11) is 0. The highest BCUT2D eigenvalue weighted by Gasteiger charge is 2.20. The molecule has 1 aromatic rings. The second-order valence-corrected chi connectivity index (χ2v) is 6.27. The van der Waals surface area contributed by atoms with E-state index in [1.165, 1.54) is 4.88 Å². The van der Waals surface area contributed by atoms with Gasteiger partial charge in [0.15, 0.2) is 0 Å². The van der Waals surface area contributed by atoms with Crippen molar-refractivity contribution in [1.29, 1.82) is 0 Å². The predicted molar refractivity (Wildman–Crippen MR) is 73.7 cm³/mol. The smallest absolute Gasteiger partial charge is 0.220 e. The third-order valence-electron chi connectivity index (χ3n) is 3.35. The first kappa shape index (κ1) is 13.5. The zero-order valence-electron chi connectivity index (χ0n) is 11.2. The first-order chi connectivity index (χ1) is 8.56. The SMILES string of the molecule is Cc1nc(C)c(C(C)NC(=O)CC2CCNC2)s1. The van der Waals surface area contributed by atoms with Crippen LogP contribution in [-0.4, -0.2) is 24.0 Å². The van der Waals surface area contributed by atoms with Crippen molar-refractivity contribution < 1.29 is 4.79 Å². The molecule has 2 N–H and O–H groups in total. The fraction of sp³-hybridized carbons (Fsp3) is 0.692. The molecule has 2 rings (SSSR count). The number of aryl methyl sites for hydroxylation is 2. The Bertz CT molecular complexity index is 424. The van der Waals surface area contributed by atoms with Gasteiger partial charge in [-0.05, 0) is 46.2 Å². The number of nitrogens with one attached hydrogen (secondary N) is 2. The molecule has 2 atom stereocenters. The molecule has 100 valence electrons. The summed E-state index contributed by atoms with van der Waals surface area (Å²) in [6, 6.07) is 0.0677. The van der Waals surface area contributed by atoms with Crippen molar-refractivity contribution in [2.45, 2.75) is 39.7 Å². The summed E-state index contributed by atoms with van der Waals surface area (Å²) in [5.41, 5.74) is 1.04. The molecule has 0 spiro atoms. The monoisotopic (exact) mass is 267 g/mol. The molecule has 1 aliphatic heterocycles. The first-order valence-electron chi connectivity index (χ1n) is 6.50. The molecule has 0 saturated carbocycles. The number of aromatic nitrogens is 1. The van der Waals surface area contributed by atoms with Gasteiger partial charge in [-0.25, -0.2) is 4.98 Å². The summed E-state index contributed by atoms with van der Waals surface area (Å²) >= 11 is 1.67. The van der Waals surface area contributed by atoms with E-state index in [2.05, 4.69) is 15.6 Å². The van der Waals surface area contributed by atoms with Crippen LogP contribution in [0.5, 0.6) is 0 Å². The molecule has 0 radical (unpaired) electrons. The lowest BCUT2D eigenvalue weighted by Gasteiger charge is -2.14. The minimum absolute atomic E-state index is 0.0677. The summed E-state index contributed by atoms with van der Waals surface area (Å²) in [6.07, 6.45) is 1.74. The van der Waals surface area contributed by atoms with E-state index in [1.54, 1.807) is 11.3 Å². The number of rotatable bonds is 4. The molecule has 1 saturated heterocycles. The normalized spacial score (nSPS) is 20.9. The molecular formula is C13H21N3OS. The summed E-state index contributed by atoms with van der Waals surface area (Å²) in [6.45, 7) is 8.05. The van der Waals surface area contributed by atoms with Gasteiger partial charge in [-0.1, -0.05) is 0 Å². The van der Waals surface area contributed by atoms with Gasteiger partial charge in [0.1, 0.15) is 0 Å². The maximum absolute atomic E-state index is 11.9. The largest absolute Gasteiger partial charge is 0.349 e. The lowest BCUT2D eigenvalue weighted by atomic mass is 10.0. The molecule has 1 aromatic heterocycles. The molecule has 5 heteroatoms. The van der Waals surface area contributed by atoms with Gasteiger partial charge in [0.2, 0.25) is 5.91 Å². The highest BCUT2D eigenvalue weighted by atomic mass is 32.1. The second-order valence-electron chi connectivity index (χ2n) is 5.03. The van der Waals surface area contributed by atoms with Crippen LogP contribution in [0.2, 0.25) is 0 Å². The van der Waals surface area contributed by atoms with E-state index in [0.717, 1.165) is 30.2 Å². The van der Waals surface area contributed by atoms with E-state index in [4.69, 9.17) is 0 Å². The Morgan fingerprint density at radius 2 is 2.39 bits per heavy atom. The third-order valence-corrected chi connectivity index (χ3v) is 4.60. The van der Waals surface area contributed by atoms with Gasteiger partial charge in [0, 0.05) is 11.3 Å². The van der Waals surface area contributed by atoms with E-state index in [0.29, 0.717) is 12.3 Å². The second kappa shape index (κ2) is 5.80. The van der Waals surface area contributed by atoms with Gasteiger partial charge in [-0.15, -0.1) is 11.3 Å². The Labute approximate surface area is 112 Å². The van der Waals surface area contributed by atoms with Gasteiger partial charge < -0.3 is 10.6 Å². The van der Waals surface area contributed by atoms with Crippen molar-refractivity contribution in [2.24, 2.45) is 5.92 Å². The van der Waals surface area contributed by atoms with Crippen LogP contribution in [0.15, 0.2) is 0 Å². The quantitative estimate of drug-likeness (QED) is 0.876. The third kappa shape index (κ3) is 3.29. The summed E-state index contributed by atoms with van der Waals surface area (Å²) < 4.78 is 0. The molecule has 2 unspecified atom stereocenters. The van der Waals surface area contributed by atoms with Crippen LogP contribution in [-0.2, 0) is 4.79 Å². The summed E-state index contributed by atoms with van der Waals surface area (Å²) in [4.78, 5) is 17.5. The van der Waals surface area contributed by atoms with Crippen LogP contribution >= 0.6 is 11.3 Å². The Morgan fingerprint density at radius 1 is 1.61 bits per heavy atom. The number of hydrogen-bond donors (Lipinski definition) is 2. The molecule has 4 nitrogen and oxygen atoms in total. The number of carbonyl (C=O) groups excluding carboxylic acids is 1. The van der Waals surface area contributed by atoms with Crippen LogP contribution in [0.3, 0.4) is 0 Å². The molecule has 1 amide bonds. The fourth-order valence-corrected chi connectivity index (χ4v) is 3.40. The number of thiazole rings is 1. The van der Waals surface area contributed by atoms with Gasteiger partial charge in [-0.3, -0.25) is 4.79 Å². The maximum atomic E-state index is 11.9. The molecule has 1 fully saturated rings. The fourth-order valence-electron chi connectivity index (χ4n) is 2.47. The first-order valence-corrected chi connectivity index (χ1v) is 7.32. The molecule has 2 heterocycles. The van der Waals surface area contributed by atoms with Crippen molar-refractivity contribution in [3.05, 3.63) is 15.6 Å². The van der Waals surface area contributed by atoms with Crippen LogP contribution in [0.4, 0.5) is 0 Å². The average Bonchev–Trinajstić information content (AvgIpc) is 2.88. The Hall–Kier alpha value is -0.940. The summed E-state index contributed by atoms with van der Waals surface area (Å²) in [5.74, 6) is 0.656. The minimum Gasteiger partial charge on any atom is -0.349 e. The number of carbonyl (C=O) groups is 1. The minimum atomic E-state index is 0.0677. The number of amides is 1. The molecular weight excluding hydrogens is 246 g/mol. The number of nitrogens with zero attached hydrogens (tertiary/aromatic N) is 1. The highest BCUT2D eigenvalue weighted by molar-refractivity contribution is 7.11. The van der Waals surface area contributed by atoms with E-state index in [1.807, 2.05) is 20.8 Å². The Balaban J connectivity index is 1.88.